The Morgan fingerprint density at radius 3 is 2.00 bits per heavy atom. The lowest BCUT2D eigenvalue weighted by Crippen LogP contribution is -2.13. The molecule has 0 amide bonds. The summed E-state index contributed by atoms with van der Waals surface area (Å²) < 4.78 is 5.00. The number of hydrogen-bond acceptors (Lipinski definition) is 2. The van der Waals surface area contributed by atoms with Crippen LogP contribution in [0.2, 0.25) is 0 Å². The molecule has 0 atom stereocenters. The molecule has 0 aromatic heterocycles. The van der Waals surface area contributed by atoms with Crippen LogP contribution >= 0.6 is 12.2 Å². The van der Waals surface area contributed by atoms with E-state index in [4.69, 9.17) is 10.5 Å². The van der Waals surface area contributed by atoms with Crippen LogP contribution in [0.15, 0.2) is 0 Å². The van der Waals surface area contributed by atoms with E-state index in [1.807, 2.05) is 0 Å². The van der Waals surface area contributed by atoms with Crippen LogP contribution in [-0.4, -0.2) is 11.8 Å². The molecule has 0 spiro atoms. The lowest BCUT2D eigenvalue weighted by Gasteiger charge is -2.03. The molecule has 14 heavy (non-hydrogen) atoms. The molecule has 0 aliphatic carbocycles. The second-order valence-electron chi connectivity index (χ2n) is 3.64. The summed E-state index contributed by atoms with van der Waals surface area (Å²) >= 11 is 4.60. The Morgan fingerprint density at radius 1 is 1.00 bits per heavy atom. The third kappa shape index (κ3) is 11.7. The van der Waals surface area contributed by atoms with Gasteiger partial charge in [-0.15, -0.1) is 0 Å². The second kappa shape index (κ2) is 10.8. The van der Waals surface area contributed by atoms with Gasteiger partial charge in [0, 0.05) is 0 Å². The van der Waals surface area contributed by atoms with Crippen molar-refractivity contribution in [3.05, 3.63) is 0 Å². The molecule has 0 heterocycles. The number of ether oxygens (including phenoxy) is 1. The highest BCUT2D eigenvalue weighted by molar-refractivity contribution is 7.80. The molecule has 0 aromatic carbocycles. The smallest absolute Gasteiger partial charge is 0.253 e. The molecule has 0 aliphatic heterocycles. The SMILES string of the molecule is CCCCCCCCCCOC(N)=S. The van der Waals surface area contributed by atoms with Gasteiger partial charge in [0.1, 0.15) is 0 Å². The fourth-order valence-electron chi connectivity index (χ4n) is 1.41. The minimum atomic E-state index is 0.174. The Kier molecular flexibility index (Phi) is 10.5. The van der Waals surface area contributed by atoms with E-state index in [9.17, 15) is 0 Å². The number of unbranched alkanes of at least 4 members (excludes halogenated alkanes) is 7. The van der Waals surface area contributed by atoms with Gasteiger partial charge in [0.2, 0.25) is 0 Å². The minimum Gasteiger partial charge on any atom is -0.471 e. The topological polar surface area (TPSA) is 35.2 Å². The standard InChI is InChI=1S/C11H23NOS/c1-2-3-4-5-6-7-8-9-10-13-11(12)14/h2-10H2,1H3,(H2,12,14). The molecule has 2 nitrogen and oxygen atoms in total. The van der Waals surface area contributed by atoms with E-state index in [2.05, 4.69) is 19.1 Å². The summed E-state index contributed by atoms with van der Waals surface area (Å²) in [7, 11) is 0. The summed E-state index contributed by atoms with van der Waals surface area (Å²) in [5, 5.41) is 0.174. The van der Waals surface area contributed by atoms with E-state index >= 15 is 0 Å². The van der Waals surface area contributed by atoms with Crippen LogP contribution in [0.5, 0.6) is 0 Å². The maximum atomic E-state index is 5.20. The molecule has 0 bridgehead atoms. The zero-order valence-electron chi connectivity index (χ0n) is 9.26. The fourth-order valence-corrected chi connectivity index (χ4v) is 1.49. The summed E-state index contributed by atoms with van der Waals surface area (Å²) in [6.07, 6.45) is 10.4. The Hall–Kier alpha value is -0.310. The first-order valence-corrected chi connectivity index (χ1v) is 6.10. The largest absolute Gasteiger partial charge is 0.471 e. The van der Waals surface area contributed by atoms with E-state index in [0.717, 1.165) is 6.42 Å². The van der Waals surface area contributed by atoms with Gasteiger partial charge in [-0.2, -0.15) is 0 Å². The van der Waals surface area contributed by atoms with Crippen molar-refractivity contribution in [2.75, 3.05) is 6.61 Å². The second-order valence-corrected chi connectivity index (χ2v) is 4.04. The van der Waals surface area contributed by atoms with E-state index in [1.54, 1.807) is 0 Å². The maximum absolute atomic E-state index is 5.20. The summed E-state index contributed by atoms with van der Waals surface area (Å²) in [5.74, 6) is 0. The zero-order chi connectivity index (χ0) is 10.6. The van der Waals surface area contributed by atoms with E-state index in [-0.39, 0.29) is 5.17 Å². The Bertz CT molecular complexity index is 139. The molecular weight excluding hydrogens is 194 g/mol. The van der Waals surface area contributed by atoms with Crippen molar-refractivity contribution in [3.63, 3.8) is 0 Å². The molecule has 0 aliphatic rings. The third-order valence-corrected chi connectivity index (χ3v) is 2.36. The molecule has 0 rings (SSSR count). The Labute approximate surface area is 93.2 Å². The number of hydrogen-bond donors (Lipinski definition) is 1. The number of nitrogens with two attached hydrogens (primary N) is 1. The van der Waals surface area contributed by atoms with E-state index < -0.39 is 0 Å². The van der Waals surface area contributed by atoms with Gasteiger partial charge in [-0.1, -0.05) is 51.9 Å². The lowest BCUT2D eigenvalue weighted by atomic mass is 10.1. The number of rotatable bonds is 9. The first-order valence-electron chi connectivity index (χ1n) is 5.69. The monoisotopic (exact) mass is 217 g/mol. The maximum Gasteiger partial charge on any atom is 0.253 e. The van der Waals surface area contributed by atoms with Gasteiger partial charge in [0.25, 0.3) is 5.17 Å². The van der Waals surface area contributed by atoms with Gasteiger partial charge >= 0.3 is 0 Å². The van der Waals surface area contributed by atoms with Gasteiger partial charge in [0.15, 0.2) is 0 Å². The van der Waals surface area contributed by atoms with Gasteiger partial charge in [0.05, 0.1) is 6.61 Å². The van der Waals surface area contributed by atoms with Crippen molar-refractivity contribution in [1.82, 2.24) is 0 Å². The third-order valence-electron chi connectivity index (χ3n) is 2.24. The zero-order valence-corrected chi connectivity index (χ0v) is 10.1. The molecule has 0 saturated carbocycles. The van der Waals surface area contributed by atoms with Crippen molar-refractivity contribution in [3.8, 4) is 0 Å². The Morgan fingerprint density at radius 2 is 1.50 bits per heavy atom. The summed E-state index contributed by atoms with van der Waals surface area (Å²) in [6.45, 7) is 2.93. The van der Waals surface area contributed by atoms with Crippen LogP contribution < -0.4 is 5.73 Å². The lowest BCUT2D eigenvalue weighted by molar-refractivity contribution is 0.295. The summed E-state index contributed by atoms with van der Waals surface area (Å²) in [5.41, 5.74) is 5.20. The van der Waals surface area contributed by atoms with Crippen LogP contribution in [-0.2, 0) is 4.74 Å². The van der Waals surface area contributed by atoms with Crippen molar-refractivity contribution in [1.29, 1.82) is 0 Å². The van der Waals surface area contributed by atoms with Gasteiger partial charge in [-0.25, -0.2) is 0 Å². The first-order chi connectivity index (χ1) is 6.77. The Balaban J connectivity index is 2.88. The average Bonchev–Trinajstić information content (AvgIpc) is 2.15. The highest BCUT2D eigenvalue weighted by Gasteiger charge is 1.92. The predicted molar refractivity (Wildman–Crippen MR) is 65.3 cm³/mol. The van der Waals surface area contributed by atoms with Crippen molar-refractivity contribution in [2.24, 2.45) is 5.73 Å². The summed E-state index contributed by atoms with van der Waals surface area (Å²) in [6, 6.07) is 0. The molecule has 0 unspecified atom stereocenters. The van der Waals surface area contributed by atoms with Crippen LogP contribution in [0.3, 0.4) is 0 Å². The molecule has 2 N–H and O–H groups in total. The summed E-state index contributed by atoms with van der Waals surface area (Å²) in [4.78, 5) is 0. The average molecular weight is 217 g/mol. The fraction of sp³-hybridized carbons (Fsp3) is 0.909. The quantitative estimate of drug-likeness (QED) is 0.475. The molecule has 0 saturated heterocycles. The molecule has 3 heteroatoms. The van der Waals surface area contributed by atoms with E-state index in [1.165, 1.54) is 44.9 Å². The van der Waals surface area contributed by atoms with Crippen LogP contribution in [0, 0.1) is 0 Å². The normalized spacial score (nSPS) is 10.1. The molecule has 84 valence electrons. The highest BCUT2D eigenvalue weighted by atomic mass is 32.1. The van der Waals surface area contributed by atoms with Crippen molar-refractivity contribution >= 4 is 17.4 Å². The van der Waals surface area contributed by atoms with Crippen molar-refractivity contribution < 1.29 is 4.74 Å². The highest BCUT2D eigenvalue weighted by Crippen LogP contribution is 2.08. The van der Waals surface area contributed by atoms with Gasteiger partial charge in [-0.05, 0) is 18.6 Å². The van der Waals surface area contributed by atoms with Crippen LogP contribution in [0.1, 0.15) is 58.3 Å². The molecule has 0 aromatic rings. The first kappa shape index (κ1) is 13.7. The minimum absolute atomic E-state index is 0.174. The van der Waals surface area contributed by atoms with Crippen LogP contribution in [0.4, 0.5) is 0 Å². The predicted octanol–water partition coefficient (Wildman–Crippen LogP) is 3.39. The molecule has 0 radical (unpaired) electrons. The van der Waals surface area contributed by atoms with Gasteiger partial charge in [-0.3, -0.25) is 0 Å². The number of thiocarbonyl (C=S) groups is 1. The molecular formula is C11H23NOS. The van der Waals surface area contributed by atoms with Gasteiger partial charge < -0.3 is 10.5 Å². The van der Waals surface area contributed by atoms with Crippen LogP contribution in [0.25, 0.3) is 0 Å². The molecule has 0 fully saturated rings. The van der Waals surface area contributed by atoms with E-state index in [0.29, 0.717) is 6.61 Å². The van der Waals surface area contributed by atoms with Crippen molar-refractivity contribution in [2.45, 2.75) is 58.3 Å².